The van der Waals surface area contributed by atoms with Crippen LogP contribution in [-0.2, 0) is 17.8 Å². The molecule has 1 amide bonds. The highest BCUT2D eigenvalue weighted by atomic mass is 16.3. The van der Waals surface area contributed by atoms with Gasteiger partial charge in [0, 0.05) is 17.8 Å². The van der Waals surface area contributed by atoms with Gasteiger partial charge < -0.3 is 15.7 Å². The first-order valence-electron chi connectivity index (χ1n) is 7.46. The molecule has 1 heterocycles. The Morgan fingerprint density at radius 1 is 1.18 bits per heavy atom. The summed E-state index contributed by atoms with van der Waals surface area (Å²) in [7, 11) is 0. The van der Waals surface area contributed by atoms with Crippen LogP contribution in [0.3, 0.4) is 0 Å². The van der Waals surface area contributed by atoms with Gasteiger partial charge in [-0.3, -0.25) is 4.79 Å². The Labute approximate surface area is 130 Å². The summed E-state index contributed by atoms with van der Waals surface area (Å²) in [6, 6.07) is 11.6. The standard InChI is InChI=1S/C18H20N2O2/c1-11-7-8-15(12(2)17(11)21)20-18(22)16-9-13-5-3-4-6-14(13)10-19-16/h3-8,16,19,21H,9-10H2,1-2H3,(H,20,22). The van der Waals surface area contributed by atoms with Crippen LogP contribution < -0.4 is 10.6 Å². The van der Waals surface area contributed by atoms with Gasteiger partial charge >= 0.3 is 0 Å². The monoisotopic (exact) mass is 296 g/mol. The molecule has 22 heavy (non-hydrogen) atoms. The van der Waals surface area contributed by atoms with Gasteiger partial charge in [0.25, 0.3) is 0 Å². The average Bonchev–Trinajstić information content (AvgIpc) is 2.55. The number of nitrogens with one attached hydrogen (secondary N) is 2. The molecule has 1 atom stereocenters. The van der Waals surface area contributed by atoms with Crippen molar-refractivity contribution in [1.29, 1.82) is 0 Å². The Kier molecular flexibility index (Phi) is 3.86. The topological polar surface area (TPSA) is 61.4 Å². The van der Waals surface area contributed by atoms with Gasteiger partial charge in [-0.1, -0.05) is 30.3 Å². The van der Waals surface area contributed by atoms with Crippen LogP contribution in [0.25, 0.3) is 0 Å². The third kappa shape index (κ3) is 2.70. The van der Waals surface area contributed by atoms with Crippen molar-refractivity contribution in [3.63, 3.8) is 0 Å². The molecule has 4 heteroatoms. The first-order chi connectivity index (χ1) is 10.6. The maximum Gasteiger partial charge on any atom is 0.241 e. The number of aryl methyl sites for hydroxylation is 1. The molecule has 0 radical (unpaired) electrons. The van der Waals surface area contributed by atoms with Crippen LogP contribution in [0.5, 0.6) is 5.75 Å². The summed E-state index contributed by atoms with van der Waals surface area (Å²) in [5.74, 6) is 0.167. The summed E-state index contributed by atoms with van der Waals surface area (Å²) in [5, 5.41) is 16.2. The molecular formula is C18H20N2O2. The molecule has 1 aliphatic rings. The van der Waals surface area contributed by atoms with Crippen LogP contribution in [0.1, 0.15) is 22.3 Å². The van der Waals surface area contributed by atoms with Crippen molar-refractivity contribution in [2.45, 2.75) is 32.9 Å². The van der Waals surface area contributed by atoms with Gasteiger partial charge in [-0.15, -0.1) is 0 Å². The molecule has 0 saturated heterocycles. The first kappa shape index (κ1) is 14.6. The van der Waals surface area contributed by atoms with Crippen molar-refractivity contribution < 1.29 is 9.90 Å². The normalized spacial score (nSPS) is 16.9. The molecule has 1 aliphatic heterocycles. The second kappa shape index (κ2) is 5.81. The minimum Gasteiger partial charge on any atom is -0.507 e. The fourth-order valence-electron chi connectivity index (χ4n) is 2.83. The number of carbonyl (C=O) groups is 1. The molecule has 4 nitrogen and oxygen atoms in total. The molecule has 114 valence electrons. The van der Waals surface area contributed by atoms with Crippen LogP contribution in [0.2, 0.25) is 0 Å². The maximum absolute atomic E-state index is 12.5. The number of fused-ring (bicyclic) bond motifs is 1. The Bertz CT molecular complexity index is 725. The highest BCUT2D eigenvalue weighted by Crippen LogP contribution is 2.28. The zero-order chi connectivity index (χ0) is 15.7. The highest BCUT2D eigenvalue weighted by Gasteiger charge is 2.24. The Morgan fingerprint density at radius 3 is 2.68 bits per heavy atom. The molecule has 3 rings (SSSR count). The third-order valence-electron chi connectivity index (χ3n) is 4.29. The second-order valence-corrected chi connectivity index (χ2v) is 5.80. The van der Waals surface area contributed by atoms with Crippen LogP contribution in [0, 0.1) is 13.8 Å². The largest absolute Gasteiger partial charge is 0.507 e. The fraction of sp³-hybridized carbons (Fsp3) is 0.278. The lowest BCUT2D eigenvalue weighted by molar-refractivity contribution is -0.118. The number of phenolic OH excluding ortho intramolecular Hbond substituents is 1. The lowest BCUT2D eigenvalue weighted by Gasteiger charge is -2.25. The van der Waals surface area contributed by atoms with E-state index >= 15 is 0 Å². The summed E-state index contributed by atoms with van der Waals surface area (Å²) < 4.78 is 0. The van der Waals surface area contributed by atoms with Crippen molar-refractivity contribution in [3.8, 4) is 5.75 Å². The number of rotatable bonds is 2. The van der Waals surface area contributed by atoms with Crippen LogP contribution in [-0.4, -0.2) is 17.1 Å². The van der Waals surface area contributed by atoms with E-state index in [1.165, 1.54) is 11.1 Å². The SMILES string of the molecule is Cc1ccc(NC(=O)C2Cc3ccccc3CN2)c(C)c1O. The summed E-state index contributed by atoms with van der Waals surface area (Å²) in [4.78, 5) is 12.5. The van der Waals surface area contributed by atoms with Gasteiger partial charge in [0.2, 0.25) is 5.91 Å². The summed E-state index contributed by atoms with van der Waals surface area (Å²) in [6.07, 6.45) is 0.679. The van der Waals surface area contributed by atoms with E-state index < -0.39 is 0 Å². The smallest absolute Gasteiger partial charge is 0.241 e. The van der Waals surface area contributed by atoms with E-state index in [2.05, 4.69) is 22.8 Å². The van der Waals surface area contributed by atoms with Crippen LogP contribution in [0.15, 0.2) is 36.4 Å². The van der Waals surface area contributed by atoms with E-state index in [1.807, 2.05) is 38.1 Å². The van der Waals surface area contributed by atoms with Gasteiger partial charge in [0.15, 0.2) is 0 Å². The van der Waals surface area contributed by atoms with Gasteiger partial charge in [0.1, 0.15) is 5.75 Å². The molecule has 1 unspecified atom stereocenters. The highest BCUT2D eigenvalue weighted by molar-refractivity contribution is 5.96. The van der Waals surface area contributed by atoms with Crippen LogP contribution >= 0.6 is 0 Å². The number of amides is 1. The quantitative estimate of drug-likeness (QED) is 0.798. The predicted molar refractivity (Wildman–Crippen MR) is 87.0 cm³/mol. The molecule has 0 spiro atoms. The number of benzene rings is 2. The van der Waals surface area contributed by atoms with E-state index in [0.29, 0.717) is 24.2 Å². The molecule has 3 N–H and O–H groups in total. The van der Waals surface area contributed by atoms with Crippen molar-refractivity contribution in [2.75, 3.05) is 5.32 Å². The average molecular weight is 296 g/mol. The lowest BCUT2D eigenvalue weighted by Crippen LogP contribution is -2.44. The minimum absolute atomic E-state index is 0.0687. The number of carbonyl (C=O) groups excluding carboxylic acids is 1. The fourth-order valence-corrected chi connectivity index (χ4v) is 2.83. The molecule has 0 fully saturated rings. The number of anilines is 1. The van der Waals surface area contributed by atoms with Crippen molar-refractivity contribution in [3.05, 3.63) is 58.7 Å². The molecule has 0 aliphatic carbocycles. The molecule has 2 aromatic carbocycles. The summed E-state index contributed by atoms with van der Waals surface area (Å²) in [6.45, 7) is 4.35. The van der Waals surface area contributed by atoms with Crippen molar-refractivity contribution in [1.82, 2.24) is 5.32 Å². The number of hydrogen-bond donors (Lipinski definition) is 3. The van der Waals surface area contributed by atoms with E-state index in [0.717, 1.165) is 5.56 Å². The van der Waals surface area contributed by atoms with Gasteiger partial charge in [-0.25, -0.2) is 0 Å². The van der Waals surface area contributed by atoms with Gasteiger partial charge in [0.05, 0.1) is 6.04 Å². The third-order valence-corrected chi connectivity index (χ3v) is 4.29. The number of aromatic hydroxyl groups is 1. The Hall–Kier alpha value is -2.33. The van der Waals surface area contributed by atoms with E-state index in [-0.39, 0.29) is 17.7 Å². The second-order valence-electron chi connectivity index (χ2n) is 5.80. The zero-order valence-corrected chi connectivity index (χ0v) is 12.8. The number of hydrogen-bond acceptors (Lipinski definition) is 3. The maximum atomic E-state index is 12.5. The lowest BCUT2D eigenvalue weighted by atomic mass is 9.95. The van der Waals surface area contributed by atoms with Crippen molar-refractivity contribution in [2.24, 2.45) is 0 Å². The molecule has 0 bridgehead atoms. The van der Waals surface area contributed by atoms with E-state index in [4.69, 9.17) is 0 Å². The first-order valence-corrected chi connectivity index (χ1v) is 7.46. The summed E-state index contributed by atoms with van der Waals surface area (Å²) in [5.41, 5.74) is 4.62. The molecule has 2 aromatic rings. The molecule has 0 saturated carbocycles. The van der Waals surface area contributed by atoms with Gasteiger partial charge in [-0.05, 0) is 43.0 Å². The van der Waals surface area contributed by atoms with E-state index in [1.54, 1.807) is 0 Å². The minimum atomic E-state index is -0.252. The molecular weight excluding hydrogens is 276 g/mol. The van der Waals surface area contributed by atoms with Crippen molar-refractivity contribution >= 4 is 11.6 Å². The zero-order valence-electron chi connectivity index (χ0n) is 12.8. The Morgan fingerprint density at radius 2 is 1.91 bits per heavy atom. The predicted octanol–water partition coefficient (Wildman–Crippen LogP) is 2.66. The Balaban J connectivity index is 1.75. The van der Waals surface area contributed by atoms with E-state index in [9.17, 15) is 9.90 Å². The number of phenols is 1. The van der Waals surface area contributed by atoms with Gasteiger partial charge in [-0.2, -0.15) is 0 Å². The summed E-state index contributed by atoms with van der Waals surface area (Å²) >= 11 is 0. The molecule has 0 aromatic heterocycles. The van der Waals surface area contributed by atoms with Crippen LogP contribution in [0.4, 0.5) is 5.69 Å².